The van der Waals surface area contributed by atoms with Gasteiger partial charge in [0.05, 0.1) is 7.11 Å². The molecule has 0 aromatic heterocycles. The Bertz CT molecular complexity index is 742. The number of thiocarbonyl (C=S) groups is 1. The number of nitrogens with one attached hydrogen (secondary N) is 3. The number of carbonyl (C=O) groups excluding carboxylic acids is 1. The van der Waals surface area contributed by atoms with Gasteiger partial charge in [-0.1, -0.05) is 17.7 Å². The summed E-state index contributed by atoms with van der Waals surface area (Å²) in [4.78, 5) is 11.9. The first-order valence-electron chi connectivity index (χ1n) is 6.46. The zero-order valence-electron chi connectivity index (χ0n) is 12.0. The molecule has 0 radical (unpaired) electrons. The number of benzene rings is 2. The standard InChI is InChI=1S/C15H13ClFN3O2S/c1-22-13-6-5-9(7-12(13)17)14(21)19-20-15(23)18-11-4-2-3-10(16)8-11/h2-8H,1H3,(H,19,21)(H2,18,20,23). The summed E-state index contributed by atoms with van der Waals surface area (Å²) >= 11 is 10.9. The predicted octanol–water partition coefficient (Wildman–Crippen LogP) is 3.12. The fraction of sp³-hybridized carbons (Fsp3) is 0.0667. The van der Waals surface area contributed by atoms with Gasteiger partial charge in [0.25, 0.3) is 5.91 Å². The molecule has 23 heavy (non-hydrogen) atoms. The Morgan fingerprint density at radius 3 is 2.65 bits per heavy atom. The van der Waals surface area contributed by atoms with Crippen molar-refractivity contribution in [3.05, 3.63) is 58.9 Å². The SMILES string of the molecule is COc1ccc(C(=O)NNC(=S)Nc2cccc(Cl)c2)cc1F. The lowest BCUT2D eigenvalue weighted by atomic mass is 10.2. The number of hydrazine groups is 1. The lowest BCUT2D eigenvalue weighted by molar-refractivity contribution is 0.0943. The molecule has 3 N–H and O–H groups in total. The van der Waals surface area contributed by atoms with Gasteiger partial charge in [-0.15, -0.1) is 0 Å². The second kappa shape index (κ2) is 7.75. The van der Waals surface area contributed by atoms with Crippen LogP contribution in [0.1, 0.15) is 10.4 Å². The van der Waals surface area contributed by atoms with E-state index in [1.54, 1.807) is 24.3 Å². The largest absolute Gasteiger partial charge is 0.494 e. The topological polar surface area (TPSA) is 62.4 Å². The second-order valence-corrected chi connectivity index (χ2v) is 5.24. The van der Waals surface area contributed by atoms with Crippen LogP contribution in [0.5, 0.6) is 5.75 Å². The normalized spacial score (nSPS) is 9.87. The Morgan fingerprint density at radius 2 is 2.00 bits per heavy atom. The summed E-state index contributed by atoms with van der Waals surface area (Å²) in [6, 6.07) is 10.8. The maximum absolute atomic E-state index is 13.6. The zero-order chi connectivity index (χ0) is 16.8. The maximum atomic E-state index is 13.6. The van der Waals surface area contributed by atoms with Gasteiger partial charge in [0, 0.05) is 16.3 Å². The Balaban J connectivity index is 1.91. The molecule has 8 heteroatoms. The molecule has 0 unspecified atom stereocenters. The van der Waals surface area contributed by atoms with Crippen molar-refractivity contribution in [3.63, 3.8) is 0 Å². The van der Waals surface area contributed by atoms with Crippen LogP contribution in [0, 0.1) is 5.82 Å². The van der Waals surface area contributed by atoms with Gasteiger partial charge in [-0.05, 0) is 48.6 Å². The lowest BCUT2D eigenvalue weighted by Gasteiger charge is -2.12. The average molecular weight is 354 g/mol. The summed E-state index contributed by atoms with van der Waals surface area (Å²) in [6.45, 7) is 0. The van der Waals surface area contributed by atoms with E-state index in [1.165, 1.54) is 19.2 Å². The summed E-state index contributed by atoms with van der Waals surface area (Å²) in [5.74, 6) is -1.10. The third-order valence-corrected chi connectivity index (χ3v) is 3.23. The number of rotatable bonds is 3. The van der Waals surface area contributed by atoms with Crippen LogP contribution in [0.2, 0.25) is 5.02 Å². The lowest BCUT2D eigenvalue weighted by Crippen LogP contribution is -2.43. The summed E-state index contributed by atoms with van der Waals surface area (Å²) in [5, 5.41) is 3.56. The molecule has 0 heterocycles. The van der Waals surface area contributed by atoms with E-state index < -0.39 is 11.7 Å². The fourth-order valence-corrected chi connectivity index (χ4v) is 2.08. The van der Waals surface area contributed by atoms with Crippen LogP contribution in [0.3, 0.4) is 0 Å². The molecule has 0 aliphatic carbocycles. The van der Waals surface area contributed by atoms with E-state index >= 15 is 0 Å². The van der Waals surface area contributed by atoms with E-state index in [1.807, 2.05) is 0 Å². The van der Waals surface area contributed by atoms with Gasteiger partial charge >= 0.3 is 0 Å². The van der Waals surface area contributed by atoms with Crippen LogP contribution in [0.25, 0.3) is 0 Å². The summed E-state index contributed by atoms with van der Waals surface area (Å²) in [5.41, 5.74) is 5.68. The van der Waals surface area contributed by atoms with Crippen molar-refractivity contribution < 1.29 is 13.9 Å². The molecule has 2 aromatic carbocycles. The summed E-state index contributed by atoms with van der Waals surface area (Å²) in [7, 11) is 1.35. The van der Waals surface area contributed by atoms with E-state index in [0.29, 0.717) is 10.7 Å². The molecule has 2 rings (SSSR count). The Morgan fingerprint density at radius 1 is 1.22 bits per heavy atom. The summed E-state index contributed by atoms with van der Waals surface area (Å²) in [6.07, 6.45) is 0. The molecule has 0 saturated heterocycles. The number of anilines is 1. The van der Waals surface area contributed by atoms with E-state index in [9.17, 15) is 9.18 Å². The van der Waals surface area contributed by atoms with E-state index in [4.69, 9.17) is 28.6 Å². The molecule has 0 aliphatic rings. The highest BCUT2D eigenvalue weighted by Gasteiger charge is 2.10. The van der Waals surface area contributed by atoms with Crippen LogP contribution < -0.4 is 20.9 Å². The average Bonchev–Trinajstić information content (AvgIpc) is 2.52. The minimum absolute atomic E-state index is 0.0626. The first kappa shape index (κ1) is 17.0. The van der Waals surface area contributed by atoms with Gasteiger partial charge in [-0.3, -0.25) is 15.6 Å². The van der Waals surface area contributed by atoms with Gasteiger partial charge in [0.2, 0.25) is 0 Å². The van der Waals surface area contributed by atoms with Gasteiger partial charge < -0.3 is 10.1 Å². The van der Waals surface area contributed by atoms with Crippen molar-refractivity contribution in [3.8, 4) is 5.75 Å². The first-order valence-corrected chi connectivity index (χ1v) is 7.24. The van der Waals surface area contributed by atoms with Crippen molar-refractivity contribution in [2.75, 3.05) is 12.4 Å². The molecule has 0 aliphatic heterocycles. The van der Waals surface area contributed by atoms with Gasteiger partial charge in [-0.25, -0.2) is 4.39 Å². The minimum atomic E-state index is -0.625. The first-order chi connectivity index (χ1) is 11.0. The third-order valence-electron chi connectivity index (χ3n) is 2.79. The smallest absolute Gasteiger partial charge is 0.269 e. The fourth-order valence-electron chi connectivity index (χ4n) is 1.72. The molecule has 0 fully saturated rings. The van der Waals surface area contributed by atoms with Crippen molar-refractivity contribution in [1.82, 2.24) is 10.9 Å². The zero-order valence-corrected chi connectivity index (χ0v) is 13.6. The Kier molecular flexibility index (Phi) is 5.72. The Labute approximate surface area is 142 Å². The van der Waals surface area contributed by atoms with Gasteiger partial charge in [0.15, 0.2) is 16.7 Å². The highest BCUT2D eigenvalue weighted by molar-refractivity contribution is 7.80. The molecular formula is C15H13ClFN3O2S. The van der Waals surface area contributed by atoms with Gasteiger partial charge in [0.1, 0.15) is 0 Å². The van der Waals surface area contributed by atoms with E-state index in [-0.39, 0.29) is 16.4 Å². The van der Waals surface area contributed by atoms with Crippen LogP contribution >= 0.6 is 23.8 Å². The summed E-state index contributed by atoms with van der Waals surface area (Å²) < 4.78 is 18.3. The number of hydrogen-bond donors (Lipinski definition) is 3. The molecule has 0 saturated carbocycles. The second-order valence-electron chi connectivity index (χ2n) is 4.39. The molecule has 0 spiro atoms. The van der Waals surface area contributed by atoms with Crippen molar-refractivity contribution in [2.45, 2.75) is 0 Å². The number of halogens is 2. The molecule has 1 amide bonds. The van der Waals surface area contributed by atoms with Crippen molar-refractivity contribution >= 4 is 40.5 Å². The van der Waals surface area contributed by atoms with Gasteiger partial charge in [-0.2, -0.15) is 0 Å². The van der Waals surface area contributed by atoms with Crippen LogP contribution in [0.4, 0.5) is 10.1 Å². The van der Waals surface area contributed by atoms with E-state index in [2.05, 4.69) is 16.2 Å². The number of hydrogen-bond acceptors (Lipinski definition) is 3. The molecular weight excluding hydrogens is 341 g/mol. The third kappa shape index (κ3) is 4.80. The number of carbonyl (C=O) groups is 1. The van der Waals surface area contributed by atoms with Crippen molar-refractivity contribution in [1.29, 1.82) is 0 Å². The van der Waals surface area contributed by atoms with Crippen molar-refractivity contribution in [2.24, 2.45) is 0 Å². The van der Waals surface area contributed by atoms with Crippen LogP contribution in [0.15, 0.2) is 42.5 Å². The van der Waals surface area contributed by atoms with Crippen LogP contribution in [-0.4, -0.2) is 18.1 Å². The van der Waals surface area contributed by atoms with E-state index in [0.717, 1.165) is 6.07 Å². The number of ether oxygens (including phenoxy) is 1. The molecule has 0 bridgehead atoms. The van der Waals surface area contributed by atoms with Crippen LogP contribution in [-0.2, 0) is 0 Å². The molecule has 2 aromatic rings. The number of methoxy groups -OCH3 is 1. The Hall–Kier alpha value is -2.38. The molecule has 0 atom stereocenters. The highest BCUT2D eigenvalue weighted by atomic mass is 35.5. The number of amides is 1. The minimum Gasteiger partial charge on any atom is -0.494 e. The highest BCUT2D eigenvalue weighted by Crippen LogP contribution is 2.17. The predicted molar refractivity (Wildman–Crippen MR) is 91.2 cm³/mol. The molecule has 5 nitrogen and oxygen atoms in total. The monoisotopic (exact) mass is 353 g/mol. The quantitative estimate of drug-likeness (QED) is 0.584. The maximum Gasteiger partial charge on any atom is 0.269 e. The molecule has 120 valence electrons.